The number of rotatable bonds is 2. The molecule has 4 aromatic rings. The topological polar surface area (TPSA) is 78.6 Å². The van der Waals surface area contributed by atoms with E-state index in [-0.39, 0.29) is 6.04 Å². The molecule has 31 heavy (non-hydrogen) atoms. The van der Waals surface area contributed by atoms with Crippen LogP contribution < -0.4 is 5.32 Å². The van der Waals surface area contributed by atoms with Crippen molar-refractivity contribution in [2.75, 3.05) is 0 Å². The predicted molar refractivity (Wildman–Crippen MR) is 120 cm³/mol. The van der Waals surface area contributed by atoms with Gasteiger partial charge in [0.2, 0.25) is 11.9 Å². The van der Waals surface area contributed by atoms with Crippen molar-refractivity contribution in [3.8, 4) is 0 Å². The van der Waals surface area contributed by atoms with Crippen LogP contribution in [0.25, 0.3) is 27.6 Å². The molecule has 7 nitrogen and oxygen atoms in total. The summed E-state index contributed by atoms with van der Waals surface area (Å²) in [7, 11) is 0. The van der Waals surface area contributed by atoms with Gasteiger partial charge in [0.15, 0.2) is 0 Å². The summed E-state index contributed by atoms with van der Waals surface area (Å²) in [6, 6.07) is 16.1. The maximum atomic E-state index is 5.58. The van der Waals surface area contributed by atoms with Crippen molar-refractivity contribution >= 4 is 45.9 Å². The first-order chi connectivity index (χ1) is 15.3. The Morgan fingerprint density at radius 1 is 0.903 bits per heavy atom. The highest BCUT2D eigenvalue weighted by molar-refractivity contribution is 6.13. The fourth-order valence-corrected chi connectivity index (χ4v) is 4.18. The minimum Gasteiger partial charge on any atom is -0.464 e. The van der Waals surface area contributed by atoms with Gasteiger partial charge < -0.3 is 14.2 Å². The summed E-state index contributed by atoms with van der Waals surface area (Å²) >= 11 is 0. The summed E-state index contributed by atoms with van der Waals surface area (Å²) in [5.41, 5.74) is 5.67. The molecular formula is C24H15N5O2. The Balaban J connectivity index is 1.35. The lowest BCUT2D eigenvalue weighted by atomic mass is 10.0. The fraction of sp³-hybridized carbons (Fsp3) is 0.0417. The van der Waals surface area contributed by atoms with E-state index in [1.807, 2.05) is 29.2 Å². The van der Waals surface area contributed by atoms with Crippen molar-refractivity contribution < 1.29 is 8.83 Å². The predicted octanol–water partition coefficient (Wildman–Crippen LogP) is 4.82. The van der Waals surface area contributed by atoms with Crippen LogP contribution in [0.1, 0.15) is 17.2 Å². The highest BCUT2D eigenvalue weighted by atomic mass is 16.3. The maximum absolute atomic E-state index is 5.58. The summed E-state index contributed by atoms with van der Waals surface area (Å²) in [5.74, 6) is 1.29. The van der Waals surface area contributed by atoms with Crippen molar-refractivity contribution in [2.24, 2.45) is 15.0 Å². The van der Waals surface area contributed by atoms with Crippen molar-refractivity contribution in [1.29, 1.82) is 0 Å². The molecule has 0 spiro atoms. The van der Waals surface area contributed by atoms with E-state index < -0.39 is 0 Å². The number of aliphatic imine (C=N–C) groups is 3. The fourth-order valence-electron chi connectivity index (χ4n) is 4.18. The van der Waals surface area contributed by atoms with E-state index in [1.165, 1.54) is 6.34 Å². The molecule has 0 saturated carbocycles. The highest BCUT2D eigenvalue weighted by Gasteiger charge is 2.32. The van der Waals surface area contributed by atoms with Crippen molar-refractivity contribution in [1.82, 2.24) is 10.2 Å². The van der Waals surface area contributed by atoms with Crippen LogP contribution in [0.3, 0.4) is 0 Å². The first-order valence-corrected chi connectivity index (χ1v) is 9.95. The lowest BCUT2D eigenvalue weighted by Gasteiger charge is -2.36. The van der Waals surface area contributed by atoms with Gasteiger partial charge in [-0.2, -0.15) is 0 Å². The zero-order valence-electron chi connectivity index (χ0n) is 16.2. The minimum atomic E-state index is -0.171. The van der Waals surface area contributed by atoms with E-state index >= 15 is 0 Å². The molecule has 1 N–H and O–H groups in total. The lowest BCUT2D eigenvalue weighted by Crippen LogP contribution is -2.48. The Morgan fingerprint density at radius 3 is 2.58 bits per heavy atom. The summed E-state index contributed by atoms with van der Waals surface area (Å²) < 4.78 is 11.2. The van der Waals surface area contributed by atoms with Gasteiger partial charge in [-0.3, -0.25) is 0 Å². The van der Waals surface area contributed by atoms with Crippen molar-refractivity contribution in [3.05, 3.63) is 90.0 Å². The minimum absolute atomic E-state index is 0.171. The number of furan rings is 2. The molecule has 2 aromatic heterocycles. The van der Waals surface area contributed by atoms with E-state index in [4.69, 9.17) is 13.8 Å². The summed E-state index contributed by atoms with van der Waals surface area (Å²) in [5, 5.41) is 5.55. The van der Waals surface area contributed by atoms with Crippen LogP contribution >= 0.6 is 0 Å². The van der Waals surface area contributed by atoms with Crippen LogP contribution in [-0.2, 0) is 0 Å². The highest BCUT2D eigenvalue weighted by Crippen LogP contribution is 2.34. The number of hydrogen-bond donors (Lipinski definition) is 1. The van der Waals surface area contributed by atoms with Crippen LogP contribution in [0, 0.1) is 0 Å². The number of hydrogen-bond acceptors (Lipinski definition) is 7. The molecule has 7 heteroatoms. The summed E-state index contributed by atoms with van der Waals surface area (Å²) in [6.07, 6.45) is 9.15. The van der Waals surface area contributed by atoms with Crippen molar-refractivity contribution in [2.45, 2.75) is 6.04 Å². The Bertz CT molecular complexity index is 1530. The second-order valence-corrected chi connectivity index (χ2v) is 7.57. The first-order valence-electron chi connectivity index (χ1n) is 9.95. The second-order valence-electron chi connectivity index (χ2n) is 7.57. The Labute approximate surface area is 176 Å². The zero-order chi connectivity index (χ0) is 20.4. The third kappa shape index (κ3) is 2.50. The zero-order valence-corrected chi connectivity index (χ0v) is 16.2. The van der Waals surface area contributed by atoms with Crippen LogP contribution in [0.15, 0.2) is 103 Å². The molecule has 5 heterocycles. The monoisotopic (exact) mass is 405 g/mol. The lowest BCUT2D eigenvalue weighted by molar-refractivity contribution is 0.614. The average molecular weight is 405 g/mol. The maximum Gasteiger partial charge on any atom is 0.234 e. The van der Waals surface area contributed by atoms with Gasteiger partial charge in [-0.15, -0.1) is 0 Å². The quantitative estimate of drug-likeness (QED) is 0.519. The molecule has 1 atom stereocenters. The van der Waals surface area contributed by atoms with Gasteiger partial charge >= 0.3 is 0 Å². The molecule has 0 radical (unpaired) electrons. The summed E-state index contributed by atoms with van der Waals surface area (Å²) in [4.78, 5) is 15.6. The molecule has 2 aromatic carbocycles. The number of nitrogens with one attached hydrogen (secondary N) is 1. The summed E-state index contributed by atoms with van der Waals surface area (Å²) in [6.45, 7) is 0. The smallest absolute Gasteiger partial charge is 0.234 e. The number of nitrogens with zero attached hydrogens (tertiary/aromatic N) is 4. The average Bonchev–Trinajstić information content (AvgIpc) is 3.47. The van der Waals surface area contributed by atoms with Gasteiger partial charge in [0.05, 0.1) is 30.0 Å². The Kier molecular flexibility index (Phi) is 3.21. The molecular weight excluding hydrogens is 390 g/mol. The number of benzene rings is 2. The Morgan fingerprint density at radius 2 is 1.71 bits per heavy atom. The van der Waals surface area contributed by atoms with Gasteiger partial charge in [0.1, 0.15) is 17.5 Å². The molecule has 3 aliphatic rings. The molecule has 7 rings (SSSR count). The molecule has 148 valence electrons. The molecule has 0 saturated heterocycles. The number of allylic oxidation sites excluding steroid dienone is 1. The first kappa shape index (κ1) is 16.4. The van der Waals surface area contributed by atoms with Crippen LogP contribution in [0.2, 0.25) is 0 Å². The third-order valence-electron chi connectivity index (χ3n) is 5.73. The van der Waals surface area contributed by atoms with E-state index in [0.29, 0.717) is 11.9 Å². The molecule has 0 fully saturated rings. The van der Waals surface area contributed by atoms with Gasteiger partial charge in [-0.1, -0.05) is 24.3 Å². The van der Waals surface area contributed by atoms with Crippen LogP contribution in [0.5, 0.6) is 0 Å². The van der Waals surface area contributed by atoms with Gasteiger partial charge in [-0.25, -0.2) is 19.9 Å². The standard InChI is InChI=1S/C24H15N5O2/c1-3-16(9-21-14(1)5-7-30-21)19-11-18-12-20(17-4-2-15-6-8-31-22(15)10-17)28-24-26-13-25-23(27-19)29(18)24/h1-13,19H,(H,25,26,27,28). The van der Waals surface area contributed by atoms with Gasteiger partial charge in [0.25, 0.3) is 0 Å². The van der Waals surface area contributed by atoms with Gasteiger partial charge in [0, 0.05) is 16.3 Å². The SMILES string of the molecule is C1=NC2=NC(c3ccc4ccoc4c3)C=C3C=C(c4ccc5ccoc5c4)NC(=N1)N32. The molecule has 0 aliphatic carbocycles. The van der Waals surface area contributed by atoms with Crippen molar-refractivity contribution in [3.63, 3.8) is 0 Å². The number of guanidine groups is 2. The van der Waals surface area contributed by atoms with E-state index in [2.05, 4.69) is 51.7 Å². The Hall–Kier alpha value is -4.39. The van der Waals surface area contributed by atoms with Crippen LogP contribution in [0.4, 0.5) is 0 Å². The third-order valence-corrected chi connectivity index (χ3v) is 5.73. The van der Waals surface area contributed by atoms with E-state index in [1.54, 1.807) is 12.5 Å². The second kappa shape index (κ2) is 6.06. The van der Waals surface area contributed by atoms with E-state index in [9.17, 15) is 0 Å². The molecule has 0 amide bonds. The normalized spacial score (nSPS) is 19.5. The largest absolute Gasteiger partial charge is 0.464 e. The molecule has 1 unspecified atom stereocenters. The van der Waals surface area contributed by atoms with Gasteiger partial charge in [-0.05, 0) is 42.0 Å². The number of fused-ring (bicyclic) bond motifs is 2. The molecule has 0 bridgehead atoms. The van der Waals surface area contributed by atoms with E-state index in [0.717, 1.165) is 44.5 Å². The van der Waals surface area contributed by atoms with Crippen LogP contribution in [-0.4, -0.2) is 23.2 Å². The molecule has 3 aliphatic heterocycles.